The first kappa shape index (κ1) is 17.4. The van der Waals surface area contributed by atoms with Crippen molar-refractivity contribution in [2.24, 2.45) is 5.92 Å². The van der Waals surface area contributed by atoms with Gasteiger partial charge in [0, 0.05) is 44.1 Å². The zero-order valence-electron chi connectivity index (χ0n) is 14.1. The van der Waals surface area contributed by atoms with E-state index in [1.165, 1.54) is 11.3 Å². The summed E-state index contributed by atoms with van der Waals surface area (Å²) in [6.45, 7) is 3.39. The van der Waals surface area contributed by atoms with Crippen LogP contribution in [0.15, 0.2) is 35.8 Å². The number of amides is 2. The van der Waals surface area contributed by atoms with Gasteiger partial charge in [0.25, 0.3) is 5.19 Å². The van der Waals surface area contributed by atoms with Crippen LogP contribution in [0.5, 0.6) is 10.9 Å². The van der Waals surface area contributed by atoms with Crippen LogP contribution < -0.4 is 10.1 Å². The Labute approximate surface area is 150 Å². The number of ether oxygens (including phenoxy) is 1. The number of piperidine rings is 1. The Bertz CT molecular complexity index is 708. The number of hydrogen-bond acceptors (Lipinski definition) is 5. The summed E-state index contributed by atoms with van der Waals surface area (Å²) in [4.78, 5) is 29.5. The maximum atomic E-state index is 12.3. The molecule has 1 N–H and O–H groups in total. The van der Waals surface area contributed by atoms with Crippen molar-refractivity contribution < 1.29 is 14.3 Å². The summed E-state index contributed by atoms with van der Waals surface area (Å²) in [5.41, 5.74) is 1.01. The lowest BCUT2D eigenvalue weighted by Crippen LogP contribution is -2.42. The lowest BCUT2D eigenvalue weighted by atomic mass is 9.96. The van der Waals surface area contributed by atoms with Gasteiger partial charge in [0.05, 0.1) is 0 Å². The normalized spacial score (nSPS) is 15.0. The smallest absolute Gasteiger partial charge is 0.278 e. The summed E-state index contributed by atoms with van der Waals surface area (Å²) in [6.07, 6.45) is 3.16. The van der Waals surface area contributed by atoms with Crippen molar-refractivity contribution in [2.75, 3.05) is 13.1 Å². The molecule has 0 saturated carbocycles. The number of thiazole rings is 1. The molecular weight excluding hydrogens is 338 g/mol. The van der Waals surface area contributed by atoms with E-state index < -0.39 is 0 Å². The van der Waals surface area contributed by atoms with E-state index in [-0.39, 0.29) is 17.7 Å². The first-order valence-corrected chi connectivity index (χ1v) is 9.19. The summed E-state index contributed by atoms with van der Waals surface area (Å²) in [6, 6.07) is 7.60. The van der Waals surface area contributed by atoms with Crippen molar-refractivity contribution >= 4 is 23.2 Å². The molecule has 25 heavy (non-hydrogen) atoms. The number of hydrogen-bond donors (Lipinski definition) is 1. The SMILES string of the molecule is CC(=O)N1CCC(C(=O)NCc2ccc(Oc3nccs3)cc2)CC1. The maximum Gasteiger partial charge on any atom is 0.278 e. The largest absolute Gasteiger partial charge is 0.431 e. The van der Waals surface area contributed by atoms with Gasteiger partial charge in [-0.3, -0.25) is 9.59 Å². The van der Waals surface area contributed by atoms with Crippen molar-refractivity contribution in [3.8, 4) is 10.9 Å². The second-order valence-electron chi connectivity index (χ2n) is 6.04. The topological polar surface area (TPSA) is 71.5 Å². The molecule has 2 aromatic rings. The van der Waals surface area contributed by atoms with Gasteiger partial charge in [0.2, 0.25) is 11.8 Å². The Hall–Kier alpha value is -2.41. The van der Waals surface area contributed by atoms with Gasteiger partial charge < -0.3 is 15.0 Å². The zero-order valence-corrected chi connectivity index (χ0v) is 14.9. The Kier molecular flexibility index (Phi) is 5.65. The first-order chi connectivity index (χ1) is 12.1. The van der Waals surface area contributed by atoms with Crippen LogP contribution in [0.1, 0.15) is 25.3 Å². The summed E-state index contributed by atoms with van der Waals surface area (Å²) in [7, 11) is 0. The molecule has 1 aliphatic rings. The Morgan fingerprint density at radius 2 is 2.00 bits per heavy atom. The maximum absolute atomic E-state index is 12.3. The highest BCUT2D eigenvalue weighted by Gasteiger charge is 2.25. The molecule has 1 aromatic heterocycles. The highest BCUT2D eigenvalue weighted by molar-refractivity contribution is 7.11. The highest BCUT2D eigenvalue weighted by Crippen LogP contribution is 2.23. The fourth-order valence-electron chi connectivity index (χ4n) is 2.83. The van der Waals surface area contributed by atoms with Crippen LogP contribution in [0, 0.1) is 5.92 Å². The van der Waals surface area contributed by atoms with Crippen molar-refractivity contribution in [3.05, 3.63) is 41.4 Å². The number of aromatic nitrogens is 1. The Balaban J connectivity index is 1.45. The summed E-state index contributed by atoms with van der Waals surface area (Å²) in [5, 5.41) is 5.45. The van der Waals surface area contributed by atoms with Crippen molar-refractivity contribution in [3.63, 3.8) is 0 Å². The molecule has 6 nitrogen and oxygen atoms in total. The number of rotatable bonds is 5. The van der Waals surface area contributed by atoms with Gasteiger partial charge in [-0.05, 0) is 30.5 Å². The third kappa shape index (κ3) is 4.79. The van der Waals surface area contributed by atoms with Crippen LogP contribution in [0.25, 0.3) is 0 Å². The fourth-order valence-corrected chi connectivity index (χ4v) is 3.33. The molecule has 0 radical (unpaired) electrons. The van der Waals surface area contributed by atoms with Crippen LogP contribution >= 0.6 is 11.3 Å². The van der Waals surface area contributed by atoms with Crippen LogP contribution in [-0.2, 0) is 16.1 Å². The molecule has 2 heterocycles. The Morgan fingerprint density at radius 3 is 2.60 bits per heavy atom. The van der Waals surface area contributed by atoms with E-state index in [2.05, 4.69) is 10.3 Å². The fraction of sp³-hybridized carbons (Fsp3) is 0.389. The Morgan fingerprint density at radius 1 is 1.28 bits per heavy atom. The molecule has 0 aliphatic carbocycles. The van der Waals surface area contributed by atoms with Crippen LogP contribution in [0.3, 0.4) is 0 Å². The third-order valence-electron chi connectivity index (χ3n) is 4.32. The lowest BCUT2D eigenvalue weighted by Gasteiger charge is -2.30. The number of nitrogens with zero attached hydrogens (tertiary/aromatic N) is 2. The molecule has 0 atom stereocenters. The molecule has 7 heteroatoms. The van der Waals surface area contributed by atoms with Gasteiger partial charge >= 0.3 is 0 Å². The molecule has 2 amide bonds. The van der Waals surface area contributed by atoms with E-state index in [1.807, 2.05) is 29.6 Å². The van der Waals surface area contributed by atoms with Gasteiger partial charge in [-0.25, -0.2) is 4.98 Å². The standard InChI is InChI=1S/C18H21N3O3S/c1-13(22)21-9-6-15(7-10-21)17(23)20-12-14-2-4-16(5-3-14)24-18-19-8-11-25-18/h2-5,8,11,15H,6-7,9-10,12H2,1H3,(H,20,23). The predicted octanol–water partition coefficient (Wildman–Crippen LogP) is 2.81. The summed E-state index contributed by atoms with van der Waals surface area (Å²) >= 11 is 1.44. The second-order valence-corrected chi connectivity index (χ2v) is 6.90. The first-order valence-electron chi connectivity index (χ1n) is 8.31. The molecule has 0 unspecified atom stereocenters. The number of benzene rings is 1. The minimum Gasteiger partial charge on any atom is -0.431 e. The molecule has 1 saturated heterocycles. The van der Waals surface area contributed by atoms with Gasteiger partial charge in [-0.1, -0.05) is 23.5 Å². The molecule has 0 bridgehead atoms. The van der Waals surface area contributed by atoms with E-state index in [9.17, 15) is 9.59 Å². The number of carbonyl (C=O) groups is 2. The van der Waals surface area contributed by atoms with Gasteiger partial charge in [0.1, 0.15) is 5.75 Å². The molecule has 1 fully saturated rings. The van der Waals surface area contributed by atoms with Crippen LogP contribution in [0.4, 0.5) is 0 Å². The van der Waals surface area contributed by atoms with E-state index >= 15 is 0 Å². The molecule has 132 valence electrons. The predicted molar refractivity (Wildman–Crippen MR) is 95.5 cm³/mol. The lowest BCUT2D eigenvalue weighted by molar-refractivity contribution is -0.134. The monoisotopic (exact) mass is 359 g/mol. The molecule has 0 spiro atoms. The van der Waals surface area contributed by atoms with Crippen molar-refractivity contribution in [1.29, 1.82) is 0 Å². The van der Waals surface area contributed by atoms with Crippen LogP contribution in [0.2, 0.25) is 0 Å². The quantitative estimate of drug-likeness (QED) is 0.891. The second kappa shape index (κ2) is 8.11. The molecule has 1 aliphatic heterocycles. The summed E-state index contributed by atoms with van der Waals surface area (Å²) < 4.78 is 5.61. The average Bonchev–Trinajstić information content (AvgIpc) is 3.14. The molecule has 1 aromatic carbocycles. The van der Waals surface area contributed by atoms with Crippen molar-refractivity contribution in [1.82, 2.24) is 15.2 Å². The number of likely N-dealkylation sites (tertiary alicyclic amines) is 1. The minimum atomic E-state index is -0.0110. The molecular formula is C18H21N3O3S. The third-order valence-corrected chi connectivity index (χ3v) is 4.96. The van der Waals surface area contributed by atoms with Crippen molar-refractivity contribution in [2.45, 2.75) is 26.3 Å². The average molecular weight is 359 g/mol. The summed E-state index contributed by atoms with van der Waals surface area (Å²) in [5.74, 6) is 0.856. The van der Waals surface area contributed by atoms with Gasteiger partial charge in [-0.2, -0.15) is 0 Å². The van der Waals surface area contributed by atoms with E-state index in [1.54, 1.807) is 18.0 Å². The number of nitrogens with one attached hydrogen (secondary N) is 1. The van der Waals surface area contributed by atoms with E-state index in [0.717, 1.165) is 24.2 Å². The van der Waals surface area contributed by atoms with Gasteiger partial charge in [0.15, 0.2) is 0 Å². The van der Waals surface area contributed by atoms with Gasteiger partial charge in [-0.15, -0.1) is 0 Å². The molecule has 3 rings (SSSR count). The van der Waals surface area contributed by atoms with Crippen LogP contribution in [-0.4, -0.2) is 34.8 Å². The van der Waals surface area contributed by atoms with E-state index in [4.69, 9.17) is 4.74 Å². The zero-order chi connectivity index (χ0) is 17.6. The minimum absolute atomic E-state index is 0.0110. The number of carbonyl (C=O) groups excluding carboxylic acids is 2. The highest BCUT2D eigenvalue weighted by atomic mass is 32.1. The van der Waals surface area contributed by atoms with E-state index in [0.29, 0.717) is 24.8 Å².